The van der Waals surface area contributed by atoms with Gasteiger partial charge in [-0.3, -0.25) is 9.71 Å². The minimum Gasteiger partial charge on any atom is -0.399 e. The molecule has 1 aromatic heterocycles. The molecule has 5 nitrogen and oxygen atoms in total. The average Bonchev–Trinajstić information content (AvgIpc) is 2.35. The molecule has 0 radical (unpaired) electrons. The van der Waals surface area contributed by atoms with Gasteiger partial charge in [0.05, 0.1) is 16.3 Å². The van der Waals surface area contributed by atoms with Crippen LogP contribution in [0.15, 0.2) is 41.4 Å². The number of hydrogen-bond donors (Lipinski definition) is 2. The standard InChI is InChI=1S/C13H15N3O2S/c1-9-5-6-11(14)8-13(9)19(17,18)16-12-4-3-7-15-10(12)2/h3-8,16H,14H2,1-2H3. The molecule has 0 aliphatic carbocycles. The van der Waals surface area contributed by atoms with Crippen LogP contribution in [0.3, 0.4) is 0 Å². The molecule has 0 spiro atoms. The molecule has 2 rings (SSSR count). The van der Waals surface area contributed by atoms with Crippen LogP contribution in [0.2, 0.25) is 0 Å². The topological polar surface area (TPSA) is 85.1 Å². The van der Waals surface area contributed by atoms with Gasteiger partial charge in [-0.25, -0.2) is 8.42 Å². The second-order valence-electron chi connectivity index (χ2n) is 4.27. The molecule has 0 saturated carbocycles. The van der Waals surface area contributed by atoms with E-state index in [-0.39, 0.29) is 4.90 Å². The van der Waals surface area contributed by atoms with Gasteiger partial charge in [0.2, 0.25) is 0 Å². The number of benzene rings is 1. The number of rotatable bonds is 3. The van der Waals surface area contributed by atoms with Crippen molar-refractivity contribution in [3.63, 3.8) is 0 Å². The van der Waals surface area contributed by atoms with E-state index in [4.69, 9.17) is 5.73 Å². The Morgan fingerprint density at radius 3 is 2.63 bits per heavy atom. The van der Waals surface area contributed by atoms with Gasteiger partial charge < -0.3 is 5.73 Å². The summed E-state index contributed by atoms with van der Waals surface area (Å²) < 4.78 is 27.2. The molecule has 1 heterocycles. The van der Waals surface area contributed by atoms with Crippen molar-refractivity contribution in [2.45, 2.75) is 18.7 Å². The Bertz CT molecular complexity index is 712. The van der Waals surface area contributed by atoms with Crippen LogP contribution in [-0.4, -0.2) is 13.4 Å². The fourth-order valence-corrected chi connectivity index (χ4v) is 3.10. The first-order valence-electron chi connectivity index (χ1n) is 5.71. The van der Waals surface area contributed by atoms with Crippen LogP contribution in [0.5, 0.6) is 0 Å². The van der Waals surface area contributed by atoms with Crippen LogP contribution in [0.4, 0.5) is 11.4 Å². The van der Waals surface area contributed by atoms with Crippen molar-refractivity contribution >= 4 is 21.4 Å². The zero-order valence-corrected chi connectivity index (χ0v) is 11.5. The van der Waals surface area contributed by atoms with Crippen molar-refractivity contribution in [2.24, 2.45) is 0 Å². The molecule has 2 aromatic rings. The molecule has 19 heavy (non-hydrogen) atoms. The van der Waals surface area contributed by atoms with Crippen molar-refractivity contribution < 1.29 is 8.42 Å². The van der Waals surface area contributed by atoms with E-state index in [2.05, 4.69) is 9.71 Å². The van der Waals surface area contributed by atoms with Crippen LogP contribution >= 0.6 is 0 Å². The number of nitrogens with one attached hydrogen (secondary N) is 1. The lowest BCUT2D eigenvalue weighted by molar-refractivity contribution is 0.600. The van der Waals surface area contributed by atoms with E-state index in [9.17, 15) is 8.42 Å². The Kier molecular flexibility index (Phi) is 3.44. The number of sulfonamides is 1. The van der Waals surface area contributed by atoms with E-state index in [0.717, 1.165) is 0 Å². The lowest BCUT2D eigenvalue weighted by Crippen LogP contribution is -2.15. The monoisotopic (exact) mass is 277 g/mol. The summed E-state index contributed by atoms with van der Waals surface area (Å²) in [6, 6.07) is 8.14. The van der Waals surface area contributed by atoms with Gasteiger partial charge in [-0.05, 0) is 43.7 Å². The van der Waals surface area contributed by atoms with E-state index in [1.54, 1.807) is 44.3 Å². The van der Waals surface area contributed by atoms with E-state index >= 15 is 0 Å². The molecule has 0 fully saturated rings. The fraction of sp³-hybridized carbons (Fsp3) is 0.154. The zero-order chi connectivity index (χ0) is 14.0. The predicted octanol–water partition coefficient (Wildman–Crippen LogP) is 2.08. The fourth-order valence-electron chi connectivity index (χ4n) is 1.70. The third-order valence-electron chi connectivity index (χ3n) is 2.75. The summed E-state index contributed by atoms with van der Waals surface area (Å²) in [5.41, 5.74) is 7.78. The van der Waals surface area contributed by atoms with E-state index in [1.165, 1.54) is 6.07 Å². The number of nitrogens with zero attached hydrogens (tertiary/aromatic N) is 1. The van der Waals surface area contributed by atoms with Crippen LogP contribution in [0.1, 0.15) is 11.3 Å². The predicted molar refractivity (Wildman–Crippen MR) is 75.4 cm³/mol. The molecule has 0 unspecified atom stereocenters. The zero-order valence-electron chi connectivity index (χ0n) is 10.7. The molecule has 0 aliphatic heterocycles. The summed E-state index contributed by atoms with van der Waals surface area (Å²) in [4.78, 5) is 4.22. The quantitative estimate of drug-likeness (QED) is 0.841. The first-order valence-corrected chi connectivity index (χ1v) is 7.19. The first-order chi connectivity index (χ1) is 8.90. The summed E-state index contributed by atoms with van der Waals surface area (Å²) in [5.74, 6) is 0. The third kappa shape index (κ3) is 2.85. The van der Waals surface area contributed by atoms with Crippen LogP contribution in [-0.2, 0) is 10.0 Å². The molecule has 0 atom stereocenters. The number of nitrogens with two attached hydrogens (primary N) is 1. The third-order valence-corrected chi connectivity index (χ3v) is 4.26. The van der Waals surface area contributed by atoms with Gasteiger partial charge in [-0.2, -0.15) is 0 Å². The Hall–Kier alpha value is -2.08. The van der Waals surface area contributed by atoms with Gasteiger partial charge in [0.25, 0.3) is 10.0 Å². The van der Waals surface area contributed by atoms with E-state index in [1.807, 2.05) is 0 Å². The molecule has 0 bridgehead atoms. The van der Waals surface area contributed by atoms with Crippen molar-refractivity contribution in [1.82, 2.24) is 4.98 Å². The first kappa shape index (κ1) is 13.4. The van der Waals surface area contributed by atoms with Gasteiger partial charge in [0, 0.05) is 11.9 Å². The second kappa shape index (κ2) is 4.89. The SMILES string of the molecule is Cc1ccc(N)cc1S(=O)(=O)Nc1cccnc1C. The molecular weight excluding hydrogens is 262 g/mol. The number of hydrogen-bond acceptors (Lipinski definition) is 4. The highest BCUT2D eigenvalue weighted by molar-refractivity contribution is 7.92. The van der Waals surface area contributed by atoms with Gasteiger partial charge in [-0.15, -0.1) is 0 Å². The number of nitrogen functional groups attached to an aromatic ring is 1. The lowest BCUT2D eigenvalue weighted by atomic mass is 10.2. The molecule has 0 amide bonds. The van der Waals surface area contributed by atoms with Crippen molar-refractivity contribution in [1.29, 1.82) is 0 Å². The summed E-state index contributed by atoms with van der Waals surface area (Å²) in [6.45, 7) is 3.47. The normalized spacial score (nSPS) is 11.3. The summed E-state index contributed by atoms with van der Waals surface area (Å²) in [5, 5.41) is 0. The maximum Gasteiger partial charge on any atom is 0.262 e. The maximum absolute atomic E-state index is 12.3. The molecule has 1 aromatic carbocycles. The summed E-state index contributed by atoms with van der Waals surface area (Å²) in [6.07, 6.45) is 1.61. The van der Waals surface area contributed by atoms with Gasteiger partial charge in [-0.1, -0.05) is 6.07 Å². The van der Waals surface area contributed by atoms with Gasteiger partial charge in [0.1, 0.15) is 0 Å². The van der Waals surface area contributed by atoms with E-state index in [0.29, 0.717) is 22.6 Å². The second-order valence-corrected chi connectivity index (χ2v) is 5.92. The Morgan fingerprint density at radius 1 is 1.21 bits per heavy atom. The minimum absolute atomic E-state index is 0.177. The van der Waals surface area contributed by atoms with Gasteiger partial charge >= 0.3 is 0 Å². The molecule has 0 saturated heterocycles. The van der Waals surface area contributed by atoms with Crippen LogP contribution in [0, 0.1) is 13.8 Å². The molecule has 0 aliphatic rings. The Morgan fingerprint density at radius 2 is 1.95 bits per heavy atom. The largest absolute Gasteiger partial charge is 0.399 e. The lowest BCUT2D eigenvalue weighted by Gasteiger charge is -2.12. The highest BCUT2D eigenvalue weighted by atomic mass is 32.2. The number of pyridine rings is 1. The number of aromatic nitrogens is 1. The highest BCUT2D eigenvalue weighted by Crippen LogP contribution is 2.22. The molecule has 6 heteroatoms. The highest BCUT2D eigenvalue weighted by Gasteiger charge is 2.18. The summed E-state index contributed by atoms with van der Waals surface area (Å²) in [7, 11) is -3.66. The Labute approximate surface area is 112 Å². The van der Waals surface area contributed by atoms with Crippen molar-refractivity contribution in [2.75, 3.05) is 10.5 Å². The van der Waals surface area contributed by atoms with Crippen molar-refractivity contribution in [3.05, 3.63) is 47.8 Å². The van der Waals surface area contributed by atoms with Gasteiger partial charge in [0.15, 0.2) is 0 Å². The van der Waals surface area contributed by atoms with Crippen molar-refractivity contribution in [3.8, 4) is 0 Å². The molecule has 3 N–H and O–H groups in total. The minimum atomic E-state index is -3.66. The smallest absolute Gasteiger partial charge is 0.262 e. The van der Waals surface area contributed by atoms with E-state index < -0.39 is 10.0 Å². The van der Waals surface area contributed by atoms with Crippen LogP contribution in [0.25, 0.3) is 0 Å². The number of aryl methyl sites for hydroxylation is 2. The maximum atomic E-state index is 12.3. The number of anilines is 2. The summed E-state index contributed by atoms with van der Waals surface area (Å²) >= 11 is 0. The Balaban J connectivity index is 2.44. The molecular formula is C13H15N3O2S. The average molecular weight is 277 g/mol. The molecule has 100 valence electrons. The van der Waals surface area contributed by atoms with Crippen LogP contribution < -0.4 is 10.5 Å².